The van der Waals surface area contributed by atoms with E-state index in [0.29, 0.717) is 23.8 Å². The number of hydrogen-bond acceptors (Lipinski definition) is 3. The van der Waals surface area contributed by atoms with Crippen LogP contribution in [-0.2, 0) is 4.79 Å². The molecular formula is C23H35ClN4O2. The van der Waals surface area contributed by atoms with E-state index in [9.17, 15) is 9.59 Å². The number of anilines is 2. The summed E-state index contributed by atoms with van der Waals surface area (Å²) in [6.07, 6.45) is 7.01. The molecule has 166 valence electrons. The molecule has 3 rings (SSSR count). The molecule has 7 heteroatoms. The molecule has 0 saturated carbocycles. The molecular weight excluding hydrogens is 400 g/mol. The Labute approximate surface area is 185 Å². The number of rotatable bonds is 6. The van der Waals surface area contributed by atoms with Crippen LogP contribution in [0.3, 0.4) is 0 Å². The third-order valence-corrected chi connectivity index (χ3v) is 6.68. The van der Waals surface area contributed by atoms with Gasteiger partial charge in [0.15, 0.2) is 0 Å². The van der Waals surface area contributed by atoms with Crippen molar-refractivity contribution in [1.82, 2.24) is 10.2 Å². The highest BCUT2D eigenvalue weighted by Gasteiger charge is 2.27. The topological polar surface area (TPSA) is 64.7 Å². The number of urea groups is 1. The molecule has 0 spiro atoms. The van der Waals surface area contributed by atoms with Crippen molar-refractivity contribution in [3.8, 4) is 0 Å². The first-order chi connectivity index (χ1) is 14.5. The third-order valence-electron chi connectivity index (χ3n) is 6.38. The zero-order chi connectivity index (χ0) is 21.5. The molecule has 3 amide bonds. The molecule has 0 radical (unpaired) electrons. The summed E-state index contributed by atoms with van der Waals surface area (Å²) in [6.45, 7) is 7.61. The van der Waals surface area contributed by atoms with Gasteiger partial charge in [0.25, 0.3) is 0 Å². The molecule has 1 aromatic carbocycles. The summed E-state index contributed by atoms with van der Waals surface area (Å²) in [5.41, 5.74) is 1.73. The molecule has 1 aromatic rings. The Morgan fingerprint density at radius 2 is 1.73 bits per heavy atom. The molecule has 30 heavy (non-hydrogen) atoms. The predicted octanol–water partition coefficient (Wildman–Crippen LogP) is 4.88. The minimum Gasteiger partial charge on any atom is -0.370 e. The molecule has 2 fully saturated rings. The van der Waals surface area contributed by atoms with Crippen LogP contribution in [-0.4, -0.2) is 49.1 Å². The average Bonchev–Trinajstić information content (AvgIpc) is 2.75. The fraction of sp³-hybridized carbons (Fsp3) is 0.652. The van der Waals surface area contributed by atoms with E-state index in [2.05, 4.69) is 29.4 Å². The van der Waals surface area contributed by atoms with Gasteiger partial charge in [0, 0.05) is 43.8 Å². The van der Waals surface area contributed by atoms with Crippen molar-refractivity contribution in [3.05, 3.63) is 23.2 Å². The van der Waals surface area contributed by atoms with Crippen LogP contribution in [0.4, 0.5) is 16.2 Å². The second-order valence-corrected chi connectivity index (χ2v) is 8.83. The average molecular weight is 435 g/mol. The van der Waals surface area contributed by atoms with Crippen molar-refractivity contribution in [2.75, 3.05) is 36.4 Å². The molecule has 0 atom stereocenters. The van der Waals surface area contributed by atoms with E-state index in [4.69, 9.17) is 11.6 Å². The van der Waals surface area contributed by atoms with E-state index in [1.54, 1.807) is 0 Å². The number of piperidine rings is 2. The van der Waals surface area contributed by atoms with E-state index in [1.165, 1.54) is 19.3 Å². The molecule has 0 aliphatic carbocycles. The van der Waals surface area contributed by atoms with Gasteiger partial charge >= 0.3 is 6.03 Å². The number of nitrogens with zero attached hydrogens (tertiary/aromatic N) is 2. The number of hydrogen-bond donors (Lipinski definition) is 2. The van der Waals surface area contributed by atoms with E-state index in [0.717, 1.165) is 44.5 Å². The number of nitrogens with one attached hydrogen (secondary N) is 2. The Hall–Kier alpha value is -1.95. The minimum absolute atomic E-state index is 0.0823. The fourth-order valence-electron chi connectivity index (χ4n) is 4.47. The number of carbonyl (C=O) groups excluding carboxylic acids is 2. The molecule has 0 unspecified atom stereocenters. The molecule has 2 saturated heterocycles. The highest BCUT2D eigenvalue weighted by Crippen LogP contribution is 2.30. The summed E-state index contributed by atoms with van der Waals surface area (Å²) in [5.74, 6) is 0.377. The monoisotopic (exact) mass is 434 g/mol. The molecule has 0 bridgehead atoms. The minimum atomic E-state index is -0.221. The Bertz CT molecular complexity index is 724. The van der Waals surface area contributed by atoms with Crippen LogP contribution in [0.25, 0.3) is 0 Å². The zero-order valence-electron chi connectivity index (χ0n) is 18.3. The van der Waals surface area contributed by atoms with E-state index < -0.39 is 0 Å². The molecule has 0 aromatic heterocycles. The Kier molecular flexibility index (Phi) is 8.25. The summed E-state index contributed by atoms with van der Waals surface area (Å²) in [6, 6.07) is 5.58. The van der Waals surface area contributed by atoms with Gasteiger partial charge in [0.05, 0.1) is 10.7 Å². The summed E-state index contributed by atoms with van der Waals surface area (Å²) in [5, 5.41) is 6.61. The van der Waals surface area contributed by atoms with Crippen LogP contribution < -0.4 is 15.5 Å². The van der Waals surface area contributed by atoms with Crippen molar-refractivity contribution in [2.24, 2.45) is 5.92 Å². The van der Waals surface area contributed by atoms with Gasteiger partial charge in [-0.3, -0.25) is 4.79 Å². The summed E-state index contributed by atoms with van der Waals surface area (Å²) >= 11 is 6.48. The lowest BCUT2D eigenvalue weighted by atomic mass is 9.98. The normalized spacial score (nSPS) is 17.9. The quantitative estimate of drug-likeness (QED) is 0.670. The van der Waals surface area contributed by atoms with Gasteiger partial charge in [-0.2, -0.15) is 0 Å². The van der Waals surface area contributed by atoms with Crippen molar-refractivity contribution >= 4 is 34.9 Å². The summed E-state index contributed by atoms with van der Waals surface area (Å²) < 4.78 is 0. The second kappa shape index (κ2) is 10.9. The van der Waals surface area contributed by atoms with Gasteiger partial charge in [0.2, 0.25) is 5.91 Å². The fourth-order valence-corrected chi connectivity index (χ4v) is 4.77. The number of halogens is 1. The highest BCUT2D eigenvalue weighted by atomic mass is 35.5. The van der Waals surface area contributed by atoms with Crippen LogP contribution in [0.1, 0.15) is 58.8 Å². The van der Waals surface area contributed by atoms with Gasteiger partial charge in [-0.25, -0.2) is 4.79 Å². The van der Waals surface area contributed by atoms with E-state index >= 15 is 0 Å². The molecule has 2 aliphatic heterocycles. The second-order valence-electron chi connectivity index (χ2n) is 8.43. The number of benzene rings is 1. The lowest BCUT2D eigenvalue weighted by molar-refractivity contribution is -0.136. The van der Waals surface area contributed by atoms with Crippen LogP contribution >= 0.6 is 11.6 Å². The van der Waals surface area contributed by atoms with Gasteiger partial charge < -0.3 is 20.4 Å². The van der Waals surface area contributed by atoms with Crippen molar-refractivity contribution in [1.29, 1.82) is 0 Å². The van der Waals surface area contributed by atoms with Gasteiger partial charge in [-0.15, -0.1) is 0 Å². The Balaban J connectivity index is 1.47. The first-order valence-corrected chi connectivity index (χ1v) is 11.8. The Morgan fingerprint density at radius 3 is 2.33 bits per heavy atom. The lowest BCUT2D eigenvalue weighted by Gasteiger charge is -2.34. The van der Waals surface area contributed by atoms with Gasteiger partial charge in [0.1, 0.15) is 0 Å². The first-order valence-electron chi connectivity index (χ1n) is 11.4. The Morgan fingerprint density at radius 1 is 1.07 bits per heavy atom. The SMILES string of the molecule is CCC(CC)C(=O)N1CCC(NC(=O)Nc2ccc(N3CCCCC3)c(Cl)c2)CC1. The first kappa shape index (κ1) is 22.7. The van der Waals surface area contributed by atoms with E-state index in [1.807, 2.05) is 23.1 Å². The molecule has 6 nitrogen and oxygen atoms in total. The van der Waals surface area contributed by atoms with Crippen LogP contribution in [0, 0.1) is 5.92 Å². The van der Waals surface area contributed by atoms with E-state index in [-0.39, 0.29) is 23.9 Å². The van der Waals surface area contributed by atoms with Gasteiger partial charge in [-0.1, -0.05) is 25.4 Å². The van der Waals surface area contributed by atoms with Crippen LogP contribution in [0.5, 0.6) is 0 Å². The zero-order valence-corrected chi connectivity index (χ0v) is 19.0. The number of carbonyl (C=O) groups is 2. The largest absolute Gasteiger partial charge is 0.370 e. The maximum absolute atomic E-state index is 12.5. The van der Waals surface area contributed by atoms with Crippen LogP contribution in [0.15, 0.2) is 18.2 Å². The summed E-state index contributed by atoms with van der Waals surface area (Å²) in [7, 11) is 0. The maximum Gasteiger partial charge on any atom is 0.319 e. The summed E-state index contributed by atoms with van der Waals surface area (Å²) in [4.78, 5) is 29.2. The number of amides is 3. The standard InChI is InChI=1S/C23H35ClN4O2/c1-3-17(4-2)22(29)28-14-10-18(11-15-28)25-23(30)26-19-8-9-21(20(24)16-19)27-12-6-5-7-13-27/h8-9,16-18H,3-7,10-15H2,1-2H3,(H2,25,26,30). The van der Waals surface area contributed by atoms with Crippen molar-refractivity contribution in [2.45, 2.75) is 64.8 Å². The molecule has 2 N–H and O–H groups in total. The van der Waals surface area contributed by atoms with Crippen LogP contribution in [0.2, 0.25) is 5.02 Å². The van der Waals surface area contributed by atoms with Gasteiger partial charge in [-0.05, 0) is 63.1 Å². The van der Waals surface area contributed by atoms with Crippen molar-refractivity contribution < 1.29 is 9.59 Å². The number of likely N-dealkylation sites (tertiary alicyclic amines) is 1. The maximum atomic E-state index is 12.5. The molecule has 2 aliphatic rings. The van der Waals surface area contributed by atoms with Crippen molar-refractivity contribution in [3.63, 3.8) is 0 Å². The lowest BCUT2D eigenvalue weighted by Crippen LogP contribution is -2.48. The molecule has 2 heterocycles. The predicted molar refractivity (Wildman–Crippen MR) is 123 cm³/mol. The third kappa shape index (κ3) is 5.81. The highest BCUT2D eigenvalue weighted by molar-refractivity contribution is 6.33. The smallest absolute Gasteiger partial charge is 0.319 e.